The van der Waals surface area contributed by atoms with Gasteiger partial charge in [-0.3, -0.25) is 4.90 Å². The van der Waals surface area contributed by atoms with E-state index in [1.54, 1.807) is 6.07 Å². The van der Waals surface area contributed by atoms with E-state index in [0.717, 1.165) is 65.3 Å². The first-order chi connectivity index (χ1) is 16.5. The topological polar surface area (TPSA) is 107 Å². The van der Waals surface area contributed by atoms with Crippen molar-refractivity contribution in [3.8, 4) is 11.5 Å². The van der Waals surface area contributed by atoms with Gasteiger partial charge in [0.25, 0.3) is 0 Å². The predicted molar refractivity (Wildman–Crippen MR) is 129 cm³/mol. The number of piperidine rings is 1. The van der Waals surface area contributed by atoms with Crippen LogP contribution in [0.1, 0.15) is 47.8 Å². The number of nitrogens with zero attached hydrogens (tertiary/aromatic N) is 2. The molecule has 5 N–H and O–H groups in total. The smallest absolute Gasteiger partial charge is 0.166 e. The number of hydrogen-bond donors (Lipinski definition) is 4. The Hall–Kier alpha value is -3.03. The first-order valence-corrected chi connectivity index (χ1v) is 12.4. The monoisotopic (exact) mass is 456 g/mol. The Morgan fingerprint density at radius 3 is 2.97 bits per heavy atom. The fourth-order valence-corrected chi connectivity index (χ4v) is 7.78. The Labute approximate surface area is 197 Å². The van der Waals surface area contributed by atoms with Gasteiger partial charge in [0.15, 0.2) is 17.6 Å². The zero-order chi connectivity index (χ0) is 22.8. The molecule has 7 nitrogen and oxygen atoms in total. The molecule has 1 saturated heterocycles. The molecule has 174 valence electrons. The van der Waals surface area contributed by atoms with Crippen molar-refractivity contribution in [3.05, 3.63) is 52.7 Å². The Balaban J connectivity index is 1.39. The van der Waals surface area contributed by atoms with Crippen LogP contribution < -0.4 is 10.5 Å². The molecule has 1 aromatic heterocycles. The molecule has 5 aliphatic rings. The number of rotatable bonds is 3. The number of likely N-dealkylation sites (tertiary alicyclic amines) is 1. The lowest BCUT2D eigenvalue weighted by Crippen LogP contribution is -2.74. The van der Waals surface area contributed by atoms with Crippen LogP contribution in [-0.2, 0) is 18.3 Å². The van der Waals surface area contributed by atoms with E-state index in [1.807, 2.05) is 24.3 Å². The van der Waals surface area contributed by atoms with Crippen LogP contribution in [0.4, 0.5) is 5.69 Å². The van der Waals surface area contributed by atoms with E-state index in [-0.39, 0.29) is 17.9 Å². The van der Waals surface area contributed by atoms with Gasteiger partial charge >= 0.3 is 0 Å². The van der Waals surface area contributed by atoms with Crippen molar-refractivity contribution in [1.82, 2.24) is 9.88 Å². The van der Waals surface area contributed by atoms with Gasteiger partial charge in [-0.25, -0.2) is 4.99 Å². The van der Waals surface area contributed by atoms with Crippen molar-refractivity contribution >= 4 is 22.9 Å². The van der Waals surface area contributed by atoms with Crippen molar-refractivity contribution in [2.24, 2.45) is 16.6 Å². The number of phenolic OH excluding ortho intramolecular Hbond substituents is 1. The molecule has 2 fully saturated rings. The number of nitrogens with one attached hydrogen (secondary N) is 1. The number of aliphatic imine (C=N–C) groups is 1. The zero-order valence-corrected chi connectivity index (χ0v) is 18.9. The van der Waals surface area contributed by atoms with E-state index >= 15 is 0 Å². The molecular weight excluding hydrogens is 428 g/mol. The molecule has 2 bridgehead atoms. The van der Waals surface area contributed by atoms with Crippen molar-refractivity contribution in [1.29, 1.82) is 0 Å². The van der Waals surface area contributed by atoms with Crippen LogP contribution in [0, 0.1) is 5.92 Å². The molecule has 0 radical (unpaired) electrons. The van der Waals surface area contributed by atoms with Gasteiger partial charge in [0.2, 0.25) is 0 Å². The highest BCUT2D eigenvalue weighted by Gasteiger charge is 2.72. The van der Waals surface area contributed by atoms with Crippen LogP contribution in [0.15, 0.2) is 35.3 Å². The van der Waals surface area contributed by atoms with Gasteiger partial charge in [0.1, 0.15) is 0 Å². The van der Waals surface area contributed by atoms with Crippen LogP contribution in [-0.4, -0.2) is 51.2 Å². The summed E-state index contributed by atoms with van der Waals surface area (Å²) in [5.41, 5.74) is 10.2. The minimum Gasteiger partial charge on any atom is -0.504 e. The minimum atomic E-state index is -0.980. The molecule has 7 heteroatoms. The largest absolute Gasteiger partial charge is 0.504 e. The third-order valence-corrected chi connectivity index (χ3v) is 9.37. The standard InChI is InChI=1S/C27H28N4O3/c28-13-29-16-4-5-19-17(10-16)18-11-27(33)21-9-15-3-6-20(32)24-22(15)26(27,25(34-24)23(18)30-19)7-8-31(21)12-14-1-2-14/h3-6,10,13-14,21,25,30,32-33H,1-2,7-9,11-12H2,(H2,28,29)/t21?,25-,26-,27+/m0/s1. The van der Waals surface area contributed by atoms with Crippen LogP contribution in [0.2, 0.25) is 0 Å². The van der Waals surface area contributed by atoms with Crippen LogP contribution in [0.25, 0.3) is 10.9 Å². The highest BCUT2D eigenvalue weighted by molar-refractivity contribution is 5.89. The Morgan fingerprint density at radius 2 is 2.15 bits per heavy atom. The number of benzene rings is 2. The number of H-pyrrole nitrogens is 1. The summed E-state index contributed by atoms with van der Waals surface area (Å²) in [6, 6.07) is 9.85. The number of aliphatic hydroxyl groups is 1. The summed E-state index contributed by atoms with van der Waals surface area (Å²) in [7, 11) is 0. The maximum Gasteiger partial charge on any atom is 0.166 e. The van der Waals surface area contributed by atoms with E-state index in [4.69, 9.17) is 10.5 Å². The van der Waals surface area contributed by atoms with Crippen LogP contribution >= 0.6 is 0 Å². The lowest BCUT2D eigenvalue weighted by Gasteiger charge is -2.62. The molecule has 3 heterocycles. The van der Waals surface area contributed by atoms with Crippen molar-refractivity contribution in [3.63, 3.8) is 0 Å². The summed E-state index contributed by atoms with van der Waals surface area (Å²) < 4.78 is 6.63. The molecule has 1 saturated carbocycles. The van der Waals surface area contributed by atoms with Crippen LogP contribution in [0.5, 0.6) is 11.5 Å². The van der Waals surface area contributed by atoms with Gasteiger partial charge in [-0.15, -0.1) is 0 Å². The molecule has 34 heavy (non-hydrogen) atoms. The number of aromatic amines is 1. The lowest BCUT2D eigenvalue weighted by atomic mass is 9.49. The summed E-state index contributed by atoms with van der Waals surface area (Å²) in [5.74, 6) is 1.49. The summed E-state index contributed by atoms with van der Waals surface area (Å²) in [6.07, 6.45) is 5.70. The highest BCUT2D eigenvalue weighted by Crippen LogP contribution is 2.69. The van der Waals surface area contributed by atoms with E-state index in [9.17, 15) is 10.2 Å². The second kappa shape index (κ2) is 6.15. The average molecular weight is 457 g/mol. The number of phenols is 1. The molecule has 3 aromatic rings. The molecular formula is C27H28N4O3. The van der Waals surface area contributed by atoms with E-state index in [0.29, 0.717) is 12.2 Å². The molecule has 4 atom stereocenters. The zero-order valence-electron chi connectivity index (χ0n) is 18.9. The lowest BCUT2D eigenvalue weighted by molar-refractivity contribution is -0.173. The van der Waals surface area contributed by atoms with Gasteiger partial charge in [-0.05, 0) is 73.5 Å². The van der Waals surface area contributed by atoms with Gasteiger partial charge < -0.3 is 25.7 Å². The molecule has 0 amide bonds. The summed E-state index contributed by atoms with van der Waals surface area (Å²) in [4.78, 5) is 10.5. The van der Waals surface area contributed by atoms with Crippen molar-refractivity contribution in [2.75, 3.05) is 13.1 Å². The first-order valence-electron chi connectivity index (χ1n) is 12.4. The first kappa shape index (κ1) is 19.3. The average Bonchev–Trinajstić information content (AvgIpc) is 3.46. The van der Waals surface area contributed by atoms with Crippen molar-refractivity contribution < 1.29 is 14.9 Å². The maximum atomic E-state index is 12.8. The second-order valence-corrected chi connectivity index (χ2v) is 11.0. The number of nitrogens with two attached hydrogens (primary N) is 1. The minimum absolute atomic E-state index is 0.0271. The molecule has 2 aliphatic heterocycles. The van der Waals surface area contributed by atoms with Crippen LogP contribution in [0.3, 0.4) is 0 Å². The third kappa shape index (κ3) is 2.14. The highest BCUT2D eigenvalue weighted by atomic mass is 16.5. The maximum absolute atomic E-state index is 12.8. The molecule has 1 unspecified atom stereocenters. The van der Waals surface area contributed by atoms with Gasteiger partial charge in [0, 0.05) is 35.5 Å². The summed E-state index contributed by atoms with van der Waals surface area (Å²) >= 11 is 0. The predicted octanol–water partition coefficient (Wildman–Crippen LogP) is 3.19. The van der Waals surface area contributed by atoms with E-state index < -0.39 is 11.0 Å². The number of fused-ring (bicyclic) bond motifs is 4. The number of aromatic nitrogens is 1. The Kier molecular flexibility index (Phi) is 3.49. The number of aromatic hydroxyl groups is 1. The molecule has 8 rings (SSSR count). The van der Waals surface area contributed by atoms with E-state index in [1.165, 1.54) is 24.7 Å². The Morgan fingerprint density at radius 1 is 1.26 bits per heavy atom. The van der Waals surface area contributed by atoms with Gasteiger partial charge in [-0.2, -0.15) is 0 Å². The summed E-state index contributed by atoms with van der Waals surface area (Å²) in [5, 5.41) is 24.7. The summed E-state index contributed by atoms with van der Waals surface area (Å²) in [6.45, 7) is 2.01. The van der Waals surface area contributed by atoms with Crippen molar-refractivity contribution in [2.45, 2.75) is 55.3 Å². The molecule has 3 aliphatic carbocycles. The third-order valence-electron chi connectivity index (χ3n) is 9.37. The normalized spacial score (nSPS) is 33.2. The molecule has 1 spiro atoms. The van der Waals surface area contributed by atoms with Gasteiger partial charge in [0.05, 0.1) is 28.7 Å². The molecule has 2 aromatic carbocycles. The number of hydrogen-bond acceptors (Lipinski definition) is 5. The Bertz CT molecular complexity index is 1410. The fraction of sp³-hybridized carbons (Fsp3) is 0.444. The van der Waals surface area contributed by atoms with Gasteiger partial charge in [-0.1, -0.05) is 6.07 Å². The second-order valence-electron chi connectivity index (χ2n) is 11.0. The van der Waals surface area contributed by atoms with E-state index in [2.05, 4.69) is 14.9 Å². The quantitative estimate of drug-likeness (QED) is 0.358. The number of ether oxygens (including phenoxy) is 1. The fourth-order valence-electron chi connectivity index (χ4n) is 7.78. The SMILES string of the molecule is NC=Nc1ccc2[nH]c3c(c2c1)C[C@@]1(O)C2Cc4ccc(O)c5c4[C@@]1(CCN2CC1CC1)[C@H]3O5.